The van der Waals surface area contributed by atoms with Gasteiger partial charge < -0.3 is 14.8 Å². The molecule has 106 valence electrons. The summed E-state index contributed by atoms with van der Waals surface area (Å²) in [6.07, 6.45) is 4.13. The van der Waals surface area contributed by atoms with Crippen molar-refractivity contribution >= 4 is 16.3 Å². The Morgan fingerprint density at radius 3 is 3.11 bits per heavy atom. The number of ether oxygens (including phenoxy) is 2. The third-order valence-electron chi connectivity index (χ3n) is 2.80. The minimum atomic E-state index is 0.710. The van der Waals surface area contributed by atoms with E-state index in [2.05, 4.69) is 21.6 Å². The summed E-state index contributed by atoms with van der Waals surface area (Å²) < 4.78 is 12.8. The van der Waals surface area contributed by atoms with E-state index in [1.807, 2.05) is 11.6 Å². The molecule has 2 aromatic heterocycles. The van der Waals surface area contributed by atoms with Crippen LogP contribution < -0.4 is 10.1 Å². The Morgan fingerprint density at radius 2 is 2.32 bits per heavy atom. The molecule has 0 radical (unpaired) electrons. The van der Waals surface area contributed by atoms with Crippen LogP contribution in [0.4, 0.5) is 0 Å². The summed E-state index contributed by atoms with van der Waals surface area (Å²) in [7, 11) is 1.66. The molecular formula is C13H21N3O2S. The normalized spacial score (nSPS) is 11.3. The molecule has 2 heterocycles. The van der Waals surface area contributed by atoms with Gasteiger partial charge in [0.2, 0.25) is 5.88 Å². The van der Waals surface area contributed by atoms with E-state index in [0.29, 0.717) is 5.88 Å². The molecule has 0 aliphatic rings. The van der Waals surface area contributed by atoms with Crippen LogP contribution in [0.3, 0.4) is 0 Å². The molecule has 0 fully saturated rings. The summed E-state index contributed by atoms with van der Waals surface area (Å²) in [5, 5.41) is 5.44. The number of thiazole rings is 1. The topological polar surface area (TPSA) is 47.8 Å². The zero-order valence-electron chi connectivity index (χ0n) is 11.5. The van der Waals surface area contributed by atoms with E-state index in [1.54, 1.807) is 18.4 Å². The van der Waals surface area contributed by atoms with Crippen LogP contribution in [0.5, 0.6) is 5.88 Å². The van der Waals surface area contributed by atoms with Crippen LogP contribution in [0.2, 0.25) is 0 Å². The molecule has 19 heavy (non-hydrogen) atoms. The first kappa shape index (κ1) is 14.3. The van der Waals surface area contributed by atoms with Crippen molar-refractivity contribution < 1.29 is 9.47 Å². The van der Waals surface area contributed by atoms with Crippen molar-refractivity contribution in [2.24, 2.45) is 0 Å². The second kappa shape index (κ2) is 7.47. The van der Waals surface area contributed by atoms with Gasteiger partial charge in [-0.05, 0) is 19.4 Å². The molecule has 6 heteroatoms. The Balaban J connectivity index is 1.79. The van der Waals surface area contributed by atoms with Gasteiger partial charge >= 0.3 is 0 Å². The highest BCUT2D eigenvalue weighted by molar-refractivity contribution is 7.15. The van der Waals surface area contributed by atoms with E-state index < -0.39 is 0 Å². The average Bonchev–Trinajstić information content (AvgIpc) is 2.99. The van der Waals surface area contributed by atoms with E-state index in [-0.39, 0.29) is 0 Å². The Kier molecular flexibility index (Phi) is 5.62. The van der Waals surface area contributed by atoms with Gasteiger partial charge in [-0.3, -0.25) is 4.40 Å². The molecule has 0 saturated carbocycles. The fourth-order valence-electron chi connectivity index (χ4n) is 1.89. The highest BCUT2D eigenvalue weighted by atomic mass is 32.1. The summed E-state index contributed by atoms with van der Waals surface area (Å²) >= 11 is 1.61. The number of rotatable bonds is 9. The smallest absolute Gasteiger partial charge is 0.237 e. The summed E-state index contributed by atoms with van der Waals surface area (Å²) in [6, 6.07) is 0. The van der Waals surface area contributed by atoms with Gasteiger partial charge in [-0.2, -0.15) is 4.98 Å². The van der Waals surface area contributed by atoms with Gasteiger partial charge in [-0.15, -0.1) is 11.3 Å². The largest absolute Gasteiger partial charge is 0.480 e. The minimum Gasteiger partial charge on any atom is -0.480 e. The molecule has 0 spiro atoms. The van der Waals surface area contributed by atoms with Gasteiger partial charge in [0.25, 0.3) is 0 Å². The van der Waals surface area contributed by atoms with Crippen LogP contribution in [0.1, 0.15) is 25.5 Å². The Bertz CT molecular complexity index is 495. The number of methoxy groups -OCH3 is 1. The molecular weight excluding hydrogens is 262 g/mol. The summed E-state index contributed by atoms with van der Waals surface area (Å²) in [4.78, 5) is 5.40. The van der Waals surface area contributed by atoms with Crippen molar-refractivity contribution in [3.63, 3.8) is 0 Å². The lowest BCUT2D eigenvalue weighted by atomic mass is 10.4. The van der Waals surface area contributed by atoms with Crippen molar-refractivity contribution in [2.45, 2.75) is 26.3 Å². The number of nitrogens with zero attached hydrogens (tertiary/aromatic N) is 2. The molecule has 2 aromatic rings. The van der Waals surface area contributed by atoms with Gasteiger partial charge in [-0.25, -0.2) is 0 Å². The SMILES string of the molecule is CCCOCCCNCc1c(OC)nc2sccn12. The third-order valence-corrected chi connectivity index (χ3v) is 3.56. The maximum atomic E-state index is 5.44. The first-order valence-electron chi connectivity index (χ1n) is 6.63. The van der Waals surface area contributed by atoms with Crippen molar-refractivity contribution in [3.05, 3.63) is 17.3 Å². The van der Waals surface area contributed by atoms with Gasteiger partial charge in [-0.1, -0.05) is 6.92 Å². The molecule has 0 amide bonds. The molecule has 0 aromatic carbocycles. The first-order valence-corrected chi connectivity index (χ1v) is 7.51. The van der Waals surface area contributed by atoms with Gasteiger partial charge in [0.15, 0.2) is 4.96 Å². The van der Waals surface area contributed by atoms with E-state index >= 15 is 0 Å². The molecule has 5 nitrogen and oxygen atoms in total. The number of aromatic nitrogens is 2. The Labute approximate surface area is 117 Å². The standard InChI is InChI=1S/C13H21N3O2S/c1-3-7-18-8-4-5-14-10-11-12(17-2)15-13-16(11)6-9-19-13/h6,9,14H,3-5,7-8,10H2,1-2H3. The monoisotopic (exact) mass is 283 g/mol. The Hall–Kier alpha value is -1.11. The molecule has 0 bridgehead atoms. The zero-order valence-corrected chi connectivity index (χ0v) is 12.3. The molecule has 2 rings (SSSR count). The van der Waals surface area contributed by atoms with Crippen LogP contribution in [0.15, 0.2) is 11.6 Å². The quantitative estimate of drug-likeness (QED) is 0.717. The fraction of sp³-hybridized carbons (Fsp3) is 0.615. The van der Waals surface area contributed by atoms with E-state index in [4.69, 9.17) is 9.47 Å². The van der Waals surface area contributed by atoms with Crippen molar-refractivity contribution in [3.8, 4) is 5.88 Å². The van der Waals surface area contributed by atoms with Crippen molar-refractivity contribution in [2.75, 3.05) is 26.9 Å². The first-order chi connectivity index (χ1) is 9.36. The maximum absolute atomic E-state index is 5.44. The minimum absolute atomic E-state index is 0.710. The van der Waals surface area contributed by atoms with Gasteiger partial charge in [0, 0.05) is 31.3 Å². The molecule has 0 aliphatic carbocycles. The number of hydrogen-bond donors (Lipinski definition) is 1. The predicted molar refractivity (Wildman–Crippen MR) is 77.1 cm³/mol. The maximum Gasteiger partial charge on any atom is 0.237 e. The van der Waals surface area contributed by atoms with Crippen LogP contribution in [0.25, 0.3) is 4.96 Å². The highest BCUT2D eigenvalue weighted by Gasteiger charge is 2.12. The second-order valence-corrected chi connectivity index (χ2v) is 5.14. The van der Waals surface area contributed by atoms with Crippen LogP contribution >= 0.6 is 11.3 Å². The van der Waals surface area contributed by atoms with E-state index in [9.17, 15) is 0 Å². The van der Waals surface area contributed by atoms with Gasteiger partial charge in [0.05, 0.1) is 7.11 Å². The lowest BCUT2D eigenvalue weighted by Gasteiger charge is -2.06. The lowest BCUT2D eigenvalue weighted by molar-refractivity contribution is 0.132. The van der Waals surface area contributed by atoms with Crippen molar-refractivity contribution in [1.82, 2.24) is 14.7 Å². The van der Waals surface area contributed by atoms with E-state index in [0.717, 1.165) is 49.8 Å². The summed E-state index contributed by atoms with van der Waals surface area (Å²) in [6.45, 7) is 5.49. The second-order valence-electron chi connectivity index (χ2n) is 4.27. The highest BCUT2D eigenvalue weighted by Crippen LogP contribution is 2.22. The molecule has 0 saturated heterocycles. The number of imidazole rings is 1. The lowest BCUT2D eigenvalue weighted by Crippen LogP contribution is -2.17. The molecule has 0 unspecified atom stereocenters. The predicted octanol–water partition coefficient (Wildman–Crippen LogP) is 2.31. The molecule has 1 N–H and O–H groups in total. The third kappa shape index (κ3) is 3.68. The summed E-state index contributed by atoms with van der Waals surface area (Å²) in [5.74, 6) is 0.710. The van der Waals surface area contributed by atoms with Crippen LogP contribution in [-0.4, -0.2) is 36.3 Å². The van der Waals surface area contributed by atoms with Crippen molar-refractivity contribution in [1.29, 1.82) is 0 Å². The molecule has 0 aliphatic heterocycles. The Morgan fingerprint density at radius 1 is 1.42 bits per heavy atom. The van der Waals surface area contributed by atoms with Crippen LogP contribution in [-0.2, 0) is 11.3 Å². The number of hydrogen-bond acceptors (Lipinski definition) is 5. The van der Waals surface area contributed by atoms with Crippen LogP contribution in [0, 0.1) is 0 Å². The van der Waals surface area contributed by atoms with Gasteiger partial charge in [0.1, 0.15) is 5.69 Å². The number of nitrogens with one attached hydrogen (secondary N) is 1. The average molecular weight is 283 g/mol. The fourth-order valence-corrected chi connectivity index (χ4v) is 2.61. The number of fused-ring (bicyclic) bond motifs is 1. The zero-order chi connectivity index (χ0) is 13.5. The molecule has 0 atom stereocenters. The van der Waals surface area contributed by atoms with E-state index in [1.165, 1.54) is 0 Å². The summed E-state index contributed by atoms with van der Waals surface area (Å²) in [5.41, 5.74) is 1.08.